The van der Waals surface area contributed by atoms with Gasteiger partial charge >= 0.3 is 0 Å². The normalized spacial score (nSPS) is 14.3. The third kappa shape index (κ3) is 4.01. The van der Waals surface area contributed by atoms with Gasteiger partial charge in [0.2, 0.25) is 0 Å². The van der Waals surface area contributed by atoms with Crippen LogP contribution in [-0.2, 0) is 18.2 Å². The summed E-state index contributed by atoms with van der Waals surface area (Å²) < 4.78 is 23.8. The van der Waals surface area contributed by atoms with E-state index in [2.05, 4.69) is 15.2 Å². The van der Waals surface area contributed by atoms with Crippen LogP contribution in [0.2, 0.25) is 5.02 Å². The van der Waals surface area contributed by atoms with Gasteiger partial charge in [-0.3, -0.25) is 0 Å². The number of halogens is 2. The second kappa shape index (κ2) is 8.40. The lowest BCUT2D eigenvalue weighted by Crippen LogP contribution is -2.37. The first-order valence-corrected chi connectivity index (χ1v) is 10.8. The Morgan fingerprint density at radius 2 is 2.00 bits per heavy atom. The van der Waals surface area contributed by atoms with Crippen molar-refractivity contribution in [2.24, 2.45) is 7.05 Å². The molecule has 4 heterocycles. The standard InChI is InChI=1S/C22H23ClFN7O/c1-14-17(9-15-3-4-16(23)10-18(15)24)22-27-19(26-20-12-29(2)13-25-20)11-21(31(22)28-14)30-5-7-32-8-6-30/h3-4,10-13H,5-9H2,1-2H3,(H,26,27). The molecule has 0 atom stereocenters. The molecule has 166 valence electrons. The topological polar surface area (TPSA) is 72.5 Å². The van der Waals surface area contributed by atoms with Crippen molar-refractivity contribution in [3.8, 4) is 0 Å². The smallest absolute Gasteiger partial charge is 0.163 e. The Kier molecular flexibility index (Phi) is 5.44. The summed E-state index contributed by atoms with van der Waals surface area (Å²) >= 11 is 5.93. The van der Waals surface area contributed by atoms with Crippen LogP contribution in [0.3, 0.4) is 0 Å². The molecular weight excluding hydrogens is 433 g/mol. The van der Waals surface area contributed by atoms with Gasteiger partial charge in [-0.05, 0) is 24.6 Å². The van der Waals surface area contributed by atoms with E-state index in [-0.39, 0.29) is 5.82 Å². The lowest BCUT2D eigenvalue weighted by atomic mass is 10.0. The zero-order chi connectivity index (χ0) is 22.2. The minimum absolute atomic E-state index is 0.340. The summed E-state index contributed by atoms with van der Waals surface area (Å²) in [6.45, 7) is 4.73. The van der Waals surface area contributed by atoms with E-state index in [1.807, 2.05) is 35.3 Å². The van der Waals surface area contributed by atoms with E-state index >= 15 is 0 Å². The molecule has 4 aromatic rings. The number of aryl methyl sites for hydroxylation is 2. The maximum atomic E-state index is 14.5. The van der Waals surface area contributed by atoms with Gasteiger partial charge in [-0.1, -0.05) is 17.7 Å². The van der Waals surface area contributed by atoms with Crippen molar-refractivity contribution >= 4 is 34.7 Å². The molecule has 10 heteroatoms. The molecule has 1 aromatic carbocycles. The first-order valence-electron chi connectivity index (χ1n) is 10.4. The third-order valence-corrected chi connectivity index (χ3v) is 5.78. The van der Waals surface area contributed by atoms with Gasteiger partial charge in [0.05, 0.1) is 25.2 Å². The summed E-state index contributed by atoms with van der Waals surface area (Å²) in [7, 11) is 1.91. The van der Waals surface area contributed by atoms with E-state index in [1.165, 1.54) is 6.07 Å². The van der Waals surface area contributed by atoms with Crippen LogP contribution in [0.15, 0.2) is 36.8 Å². The molecule has 1 fully saturated rings. The number of imidazole rings is 1. The zero-order valence-electron chi connectivity index (χ0n) is 17.8. The number of nitrogens with zero attached hydrogens (tertiary/aromatic N) is 6. The highest BCUT2D eigenvalue weighted by Gasteiger charge is 2.21. The van der Waals surface area contributed by atoms with Crippen molar-refractivity contribution in [3.05, 3.63) is 64.5 Å². The fourth-order valence-corrected chi connectivity index (χ4v) is 4.06. The van der Waals surface area contributed by atoms with Gasteiger partial charge in [0.1, 0.15) is 23.3 Å². The lowest BCUT2D eigenvalue weighted by molar-refractivity contribution is 0.122. The Labute approximate surface area is 189 Å². The number of hydrogen-bond donors (Lipinski definition) is 1. The number of morpholine rings is 1. The molecule has 0 bridgehead atoms. The number of benzene rings is 1. The molecule has 8 nitrogen and oxygen atoms in total. The van der Waals surface area contributed by atoms with Crippen molar-refractivity contribution in [2.75, 3.05) is 36.5 Å². The summed E-state index contributed by atoms with van der Waals surface area (Å²) in [5.41, 5.74) is 2.89. The number of hydrogen-bond acceptors (Lipinski definition) is 6. The van der Waals surface area contributed by atoms with Crippen LogP contribution in [-0.4, -0.2) is 50.5 Å². The van der Waals surface area contributed by atoms with Gasteiger partial charge in [-0.2, -0.15) is 9.61 Å². The Morgan fingerprint density at radius 1 is 1.19 bits per heavy atom. The second-order valence-electron chi connectivity index (χ2n) is 7.86. The fourth-order valence-electron chi connectivity index (χ4n) is 3.90. The quantitative estimate of drug-likeness (QED) is 0.494. The number of anilines is 3. The monoisotopic (exact) mass is 455 g/mol. The molecule has 1 N–H and O–H groups in total. The van der Waals surface area contributed by atoms with Crippen LogP contribution in [0.5, 0.6) is 0 Å². The average Bonchev–Trinajstić information content (AvgIpc) is 3.32. The maximum absolute atomic E-state index is 14.5. The number of nitrogens with one attached hydrogen (secondary N) is 1. The van der Waals surface area contributed by atoms with E-state index < -0.39 is 0 Å². The summed E-state index contributed by atoms with van der Waals surface area (Å²) in [5, 5.41) is 8.41. The van der Waals surface area contributed by atoms with Gasteiger partial charge in [0, 0.05) is 49.4 Å². The van der Waals surface area contributed by atoms with E-state index in [1.54, 1.807) is 18.5 Å². The van der Waals surface area contributed by atoms with Crippen LogP contribution in [0.25, 0.3) is 5.65 Å². The molecule has 0 spiro atoms. The summed E-state index contributed by atoms with van der Waals surface area (Å²) in [4.78, 5) is 11.4. The summed E-state index contributed by atoms with van der Waals surface area (Å²) in [5.74, 6) is 1.91. The molecule has 0 aliphatic carbocycles. The van der Waals surface area contributed by atoms with Crippen LogP contribution in [0, 0.1) is 12.7 Å². The number of fused-ring (bicyclic) bond motifs is 1. The van der Waals surface area contributed by atoms with Gasteiger partial charge in [-0.25, -0.2) is 14.4 Å². The van der Waals surface area contributed by atoms with E-state index in [0.717, 1.165) is 30.2 Å². The van der Waals surface area contributed by atoms with Gasteiger partial charge < -0.3 is 19.5 Å². The lowest BCUT2D eigenvalue weighted by Gasteiger charge is -2.29. The highest BCUT2D eigenvalue weighted by molar-refractivity contribution is 6.30. The minimum Gasteiger partial charge on any atom is -0.378 e. The molecular formula is C22H23ClFN7O. The molecule has 3 aromatic heterocycles. The average molecular weight is 456 g/mol. The van der Waals surface area contributed by atoms with Crippen molar-refractivity contribution in [3.63, 3.8) is 0 Å². The summed E-state index contributed by atoms with van der Waals surface area (Å²) in [6.07, 6.45) is 3.97. The first kappa shape index (κ1) is 20.7. The Hall–Kier alpha value is -3.17. The van der Waals surface area contributed by atoms with Crippen LogP contribution in [0.1, 0.15) is 16.8 Å². The van der Waals surface area contributed by atoms with E-state index in [4.69, 9.17) is 26.4 Å². The fraction of sp³-hybridized carbons (Fsp3) is 0.318. The molecule has 1 aliphatic rings. The molecule has 0 radical (unpaired) electrons. The highest BCUT2D eigenvalue weighted by atomic mass is 35.5. The van der Waals surface area contributed by atoms with E-state index in [0.29, 0.717) is 47.5 Å². The molecule has 1 saturated heterocycles. The molecule has 0 amide bonds. The maximum Gasteiger partial charge on any atom is 0.163 e. The Morgan fingerprint density at radius 3 is 2.72 bits per heavy atom. The van der Waals surface area contributed by atoms with Crippen LogP contribution in [0.4, 0.5) is 21.8 Å². The van der Waals surface area contributed by atoms with Crippen molar-refractivity contribution in [1.82, 2.24) is 24.1 Å². The summed E-state index contributed by atoms with van der Waals surface area (Å²) in [6, 6.07) is 6.70. The SMILES string of the molecule is Cc1nn2c(N3CCOCC3)cc(Nc3cn(C)cn3)nc2c1Cc1ccc(Cl)cc1F. The number of aromatic nitrogens is 5. The van der Waals surface area contributed by atoms with Crippen molar-refractivity contribution < 1.29 is 9.13 Å². The Balaban J connectivity index is 1.62. The number of ether oxygens (including phenoxy) is 1. The molecule has 1 aliphatic heterocycles. The largest absolute Gasteiger partial charge is 0.378 e. The van der Waals surface area contributed by atoms with Gasteiger partial charge in [0.25, 0.3) is 0 Å². The minimum atomic E-state index is -0.340. The molecule has 0 saturated carbocycles. The predicted molar refractivity (Wildman–Crippen MR) is 121 cm³/mol. The van der Waals surface area contributed by atoms with Crippen molar-refractivity contribution in [1.29, 1.82) is 0 Å². The van der Waals surface area contributed by atoms with Crippen LogP contribution < -0.4 is 10.2 Å². The molecule has 5 rings (SSSR count). The van der Waals surface area contributed by atoms with Gasteiger partial charge in [-0.15, -0.1) is 0 Å². The Bertz CT molecular complexity index is 1280. The third-order valence-electron chi connectivity index (χ3n) is 5.54. The molecule has 32 heavy (non-hydrogen) atoms. The molecule has 0 unspecified atom stereocenters. The highest BCUT2D eigenvalue weighted by Crippen LogP contribution is 2.28. The first-order chi connectivity index (χ1) is 15.5. The number of rotatable bonds is 5. The van der Waals surface area contributed by atoms with Gasteiger partial charge in [0.15, 0.2) is 5.65 Å². The van der Waals surface area contributed by atoms with Crippen molar-refractivity contribution in [2.45, 2.75) is 13.3 Å². The van der Waals surface area contributed by atoms with E-state index in [9.17, 15) is 4.39 Å². The predicted octanol–water partition coefficient (Wildman–Crippen LogP) is 3.73. The van der Waals surface area contributed by atoms with Crippen LogP contribution >= 0.6 is 11.6 Å². The zero-order valence-corrected chi connectivity index (χ0v) is 18.6. The second-order valence-corrected chi connectivity index (χ2v) is 8.30.